The Kier molecular flexibility index (Phi) is 8.55. The van der Waals surface area contributed by atoms with Gasteiger partial charge in [0.1, 0.15) is 0 Å². The summed E-state index contributed by atoms with van der Waals surface area (Å²) in [6.07, 6.45) is 10.5. The molecule has 0 aromatic heterocycles. The van der Waals surface area contributed by atoms with E-state index in [2.05, 4.69) is 18.8 Å². The summed E-state index contributed by atoms with van der Waals surface area (Å²) in [5.41, 5.74) is 0.632. The van der Waals surface area contributed by atoms with E-state index in [1.807, 2.05) is 0 Å². The molecule has 0 atom stereocenters. The molecule has 4 nitrogen and oxygen atoms in total. The van der Waals surface area contributed by atoms with E-state index < -0.39 is 11.9 Å². The van der Waals surface area contributed by atoms with Crippen LogP contribution in [0.15, 0.2) is 30.3 Å². The molecule has 0 spiro atoms. The van der Waals surface area contributed by atoms with Crippen molar-refractivity contribution in [2.24, 2.45) is 0 Å². The molecule has 28 heavy (non-hydrogen) atoms. The maximum absolute atomic E-state index is 11.6. The fourth-order valence-electron chi connectivity index (χ4n) is 3.30. The summed E-state index contributed by atoms with van der Waals surface area (Å²) in [6.45, 7) is 2.21. The number of carbonyl (C=O) groups is 2. The second-order valence-electron chi connectivity index (χ2n) is 7.06. The molecular formula is C24H28O4. The van der Waals surface area contributed by atoms with Crippen LogP contribution in [0.25, 0.3) is 10.8 Å². The number of carboxylic acids is 2. The average Bonchev–Trinajstić information content (AvgIpc) is 2.68. The first kappa shape index (κ1) is 21.5. The van der Waals surface area contributed by atoms with Gasteiger partial charge in [0.2, 0.25) is 0 Å². The van der Waals surface area contributed by atoms with Gasteiger partial charge in [-0.05, 0) is 35.4 Å². The normalized spacial score (nSPS) is 10.5. The van der Waals surface area contributed by atoms with E-state index in [-0.39, 0.29) is 11.1 Å². The molecule has 148 valence electrons. The highest BCUT2D eigenvalue weighted by Gasteiger charge is 2.14. The zero-order valence-corrected chi connectivity index (χ0v) is 16.5. The minimum atomic E-state index is -1.06. The van der Waals surface area contributed by atoms with Crippen molar-refractivity contribution in [1.82, 2.24) is 0 Å². The standard InChI is InChI=1S/C24H28O4/c1-2-3-4-5-6-7-8-9-10-11-13-19-16-21-18(17-22(19)24(27)28)14-12-15-20(21)23(25)26/h12,14-17H,2-10H2,1H3,(H,25,26)(H,27,28). The van der Waals surface area contributed by atoms with Gasteiger partial charge in [-0.15, -0.1) is 0 Å². The molecule has 0 saturated carbocycles. The van der Waals surface area contributed by atoms with Crippen molar-refractivity contribution in [1.29, 1.82) is 0 Å². The van der Waals surface area contributed by atoms with Crippen molar-refractivity contribution in [3.63, 3.8) is 0 Å². The molecule has 0 aliphatic heterocycles. The summed E-state index contributed by atoms with van der Waals surface area (Å²) in [4.78, 5) is 23.0. The molecule has 2 aromatic rings. The molecule has 0 fully saturated rings. The van der Waals surface area contributed by atoms with Gasteiger partial charge in [0, 0.05) is 12.0 Å². The third-order valence-corrected chi connectivity index (χ3v) is 4.86. The van der Waals surface area contributed by atoms with Gasteiger partial charge in [-0.1, -0.05) is 75.8 Å². The van der Waals surface area contributed by atoms with Crippen LogP contribution in [-0.4, -0.2) is 22.2 Å². The van der Waals surface area contributed by atoms with Gasteiger partial charge in [-0.25, -0.2) is 9.59 Å². The van der Waals surface area contributed by atoms with Gasteiger partial charge in [0.25, 0.3) is 0 Å². The monoisotopic (exact) mass is 380 g/mol. The van der Waals surface area contributed by atoms with Gasteiger partial charge < -0.3 is 10.2 Å². The highest BCUT2D eigenvalue weighted by atomic mass is 16.4. The lowest BCUT2D eigenvalue weighted by atomic mass is 9.97. The van der Waals surface area contributed by atoms with Crippen LogP contribution in [0.2, 0.25) is 0 Å². The minimum Gasteiger partial charge on any atom is -0.478 e. The number of hydrogen-bond acceptors (Lipinski definition) is 2. The Bertz CT molecular complexity index is 887. The van der Waals surface area contributed by atoms with Gasteiger partial charge in [-0.2, -0.15) is 0 Å². The van der Waals surface area contributed by atoms with Crippen LogP contribution in [0.1, 0.15) is 91.0 Å². The van der Waals surface area contributed by atoms with Crippen molar-refractivity contribution >= 4 is 22.7 Å². The van der Waals surface area contributed by atoms with E-state index in [9.17, 15) is 19.8 Å². The maximum Gasteiger partial charge on any atom is 0.336 e. The summed E-state index contributed by atoms with van der Waals surface area (Å²) in [5.74, 6) is 3.92. The third kappa shape index (κ3) is 6.13. The fraction of sp³-hybridized carbons (Fsp3) is 0.417. The lowest BCUT2D eigenvalue weighted by Gasteiger charge is -2.06. The molecule has 0 radical (unpaired) electrons. The van der Waals surface area contributed by atoms with E-state index >= 15 is 0 Å². The van der Waals surface area contributed by atoms with E-state index in [1.54, 1.807) is 18.2 Å². The maximum atomic E-state index is 11.6. The number of rotatable bonds is 10. The smallest absolute Gasteiger partial charge is 0.336 e. The van der Waals surface area contributed by atoms with E-state index in [1.165, 1.54) is 50.7 Å². The van der Waals surface area contributed by atoms with Crippen molar-refractivity contribution in [3.8, 4) is 11.8 Å². The molecule has 2 N–H and O–H groups in total. The second kappa shape index (κ2) is 11.1. The number of hydrogen-bond donors (Lipinski definition) is 2. The van der Waals surface area contributed by atoms with E-state index in [0.717, 1.165) is 12.8 Å². The van der Waals surface area contributed by atoms with Crippen molar-refractivity contribution in [2.75, 3.05) is 0 Å². The van der Waals surface area contributed by atoms with Crippen molar-refractivity contribution < 1.29 is 19.8 Å². The molecule has 0 amide bonds. The Morgan fingerprint density at radius 1 is 0.857 bits per heavy atom. The fourth-order valence-corrected chi connectivity index (χ4v) is 3.30. The summed E-state index contributed by atoms with van der Waals surface area (Å²) < 4.78 is 0. The molecule has 0 heterocycles. The molecule has 0 aliphatic carbocycles. The predicted octanol–water partition coefficient (Wildman–Crippen LogP) is 6.12. The van der Waals surface area contributed by atoms with Crippen molar-refractivity contribution in [2.45, 2.75) is 64.7 Å². The van der Waals surface area contributed by atoms with Crippen LogP contribution < -0.4 is 0 Å². The number of fused-ring (bicyclic) bond motifs is 1. The van der Waals surface area contributed by atoms with Gasteiger partial charge >= 0.3 is 11.9 Å². The number of carboxylic acid groups (broad SMARTS) is 2. The Morgan fingerprint density at radius 3 is 2.14 bits per heavy atom. The van der Waals surface area contributed by atoms with E-state index in [4.69, 9.17) is 0 Å². The predicted molar refractivity (Wildman–Crippen MR) is 112 cm³/mol. The Labute approximate surface area is 166 Å². The van der Waals surface area contributed by atoms with Crippen molar-refractivity contribution in [3.05, 3.63) is 47.0 Å². The Morgan fingerprint density at radius 2 is 1.50 bits per heavy atom. The summed E-state index contributed by atoms with van der Waals surface area (Å²) in [7, 11) is 0. The lowest BCUT2D eigenvalue weighted by molar-refractivity contribution is 0.0688. The molecule has 2 rings (SSSR count). The third-order valence-electron chi connectivity index (χ3n) is 4.86. The zero-order valence-electron chi connectivity index (χ0n) is 16.5. The molecule has 0 aliphatic rings. The number of benzene rings is 2. The van der Waals surface area contributed by atoms with Gasteiger partial charge in [0.15, 0.2) is 0 Å². The van der Waals surface area contributed by atoms with Crippen LogP contribution in [0, 0.1) is 11.8 Å². The molecule has 2 aromatic carbocycles. The first-order chi connectivity index (χ1) is 13.5. The first-order valence-corrected chi connectivity index (χ1v) is 10.1. The summed E-state index contributed by atoms with van der Waals surface area (Å²) in [6, 6.07) is 7.94. The van der Waals surface area contributed by atoms with E-state index in [0.29, 0.717) is 22.8 Å². The number of unbranched alkanes of at least 4 members (excludes halogenated alkanes) is 8. The topological polar surface area (TPSA) is 74.6 Å². The van der Waals surface area contributed by atoms with Crippen LogP contribution in [-0.2, 0) is 0 Å². The molecule has 0 bridgehead atoms. The second-order valence-corrected chi connectivity index (χ2v) is 7.06. The molecule has 0 saturated heterocycles. The summed E-state index contributed by atoms with van der Waals surface area (Å²) >= 11 is 0. The molecule has 0 unspecified atom stereocenters. The van der Waals surface area contributed by atoms with Gasteiger partial charge in [0.05, 0.1) is 11.1 Å². The highest BCUT2D eigenvalue weighted by Crippen LogP contribution is 2.24. The van der Waals surface area contributed by atoms with Crippen LogP contribution >= 0.6 is 0 Å². The average molecular weight is 380 g/mol. The lowest BCUT2D eigenvalue weighted by Crippen LogP contribution is -2.03. The number of aromatic carboxylic acids is 2. The zero-order chi connectivity index (χ0) is 20.4. The summed E-state index contributed by atoms with van der Waals surface area (Å²) in [5, 5.41) is 19.9. The molecular weight excluding hydrogens is 352 g/mol. The quantitative estimate of drug-likeness (QED) is 0.385. The Hall–Kier alpha value is -2.80. The largest absolute Gasteiger partial charge is 0.478 e. The van der Waals surface area contributed by atoms with Gasteiger partial charge in [-0.3, -0.25) is 0 Å². The Balaban J connectivity index is 2.04. The van der Waals surface area contributed by atoms with Crippen LogP contribution in [0.4, 0.5) is 0 Å². The molecule has 4 heteroatoms. The highest BCUT2D eigenvalue weighted by molar-refractivity contribution is 6.06. The first-order valence-electron chi connectivity index (χ1n) is 10.1. The van der Waals surface area contributed by atoms with Crippen LogP contribution in [0.3, 0.4) is 0 Å². The minimum absolute atomic E-state index is 0.110. The van der Waals surface area contributed by atoms with Crippen LogP contribution in [0.5, 0.6) is 0 Å². The SMILES string of the molecule is CCCCCCCCCCC#Cc1cc2c(C(=O)O)cccc2cc1C(=O)O.